The highest BCUT2D eigenvalue weighted by atomic mass is 16.4. The zero-order valence-corrected chi connectivity index (χ0v) is 9.54. The molecule has 0 aromatic rings. The monoisotopic (exact) mass is 216 g/mol. The minimum atomic E-state index is -0.919. The lowest BCUT2D eigenvalue weighted by Crippen LogP contribution is -2.51. The lowest BCUT2D eigenvalue weighted by atomic mass is 9.99. The fourth-order valence-corrected chi connectivity index (χ4v) is 1.13. The fraction of sp³-hybridized carbons (Fsp3) is 0.800. The summed E-state index contributed by atoms with van der Waals surface area (Å²) in [7, 11) is 0. The number of carboxylic acid groups (broad SMARTS) is 1. The first kappa shape index (κ1) is 13.9. The van der Waals surface area contributed by atoms with Gasteiger partial charge in [-0.15, -0.1) is 0 Å². The first-order valence-corrected chi connectivity index (χ1v) is 5.07. The summed E-state index contributed by atoms with van der Waals surface area (Å²) in [6, 6.07) is -0.573. The Kier molecular flexibility index (Phi) is 5.28. The third-order valence-corrected chi connectivity index (χ3v) is 2.44. The van der Waals surface area contributed by atoms with E-state index in [-0.39, 0.29) is 18.4 Å². The van der Waals surface area contributed by atoms with Crippen LogP contribution in [0.25, 0.3) is 0 Å². The Hall–Kier alpha value is -1.10. The second-order valence-corrected chi connectivity index (χ2v) is 4.27. The van der Waals surface area contributed by atoms with Crippen molar-refractivity contribution in [2.45, 2.75) is 51.6 Å². The van der Waals surface area contributed by atoms with Gasteiger partial charge in [0.1, 0.15) is 0 Å². The molecule has 5 heteroatoms. The molecule has 5 nitrogen and oxygen atoms in total. The predicted octanol–water partition coefficient (Wildman–Crippen LogP) is 0.483. The highest BCUT2D eigenvalue weighted by Crippen LogP contribution is 2.10. The maximum atomic E-state index is 11.1. The molecule has 88 valence electrons. The topological polar surface area (TPSA) is 92.4 Å². The normalized spacial score (nSPS) is 13.5. The van der Waals surface area contributed by atoms with E-state index in [2.05, 4.69) is 5.32 Å². The van der Waals surface area contributed by atoms with Crippen molar-refractivity contribution in [1.29, 1.82) is 0 Å². The molecule has 0 fully saturated rings. The molecule has 0 rings (SSSR count). The van der Waals surface area contributed by atoms with Gasteiger partial charge in [-0.1, -0.05) is 6.92 Å². The summed E-state index contributed by atoms with van der Waals surface area (Å²) in [5.74, 6) is -1.42. The Bertz CT molecular complexity index is 239. The van der Waals surface area contributed by atoms with Crippen LogP contribution >= 0.6 is 0 Å². The van der Waals surface area contributed by atoms with Crippen LogP contribution < -0.4 is 11.1 Å². The van der Waals surface area contributed by atoms with E-state index in [1.165, 1.54) is 0 Å². The number of hydrogen-bond donors (Lipinski definition) is 3. The van der Waals surface area contributed by atoms with Gasteiger partial charge in [0, 0.05) is 12.0 Å². The Labute approximate surface area is 90.0 Å². The molecule has 0 bridgehead atoms. The Morgan fingerprint density at radius 3 is 2.33 bits per heavy atom. The Morgan fingerprint density at radius 1 is 1.47 bits per heavy atom. The summed E-state index contributed by atoms with van der Waals surface area (Å²) >= 11 is 0. The molecule has 4 N–H and O–H groups in total. The van der Waals surface area contributed by atoms with E-state index in [0.29, 0.717) is 0 Å². The van der Waals surface area contributed by atoms with Gasteiger partial charge in [-0.3, -0.25) is 9.59 Å². The van der Waals surface area contributed by atoms with Gasteiger partial charge in [-0.2, -0.15) is 0 Å². The molecule has 1 amide bonds. The molecule has 0 unspecified atom stereocenters. The number of carbonyl (C=O) groups excluding carboxylic acids is 1. The maximum absolute atomic E-state index is 11.1. The number of rotatable bonds is 7. The Morgan fingerprint density at radius 2 is 2.00 bits per heavy atom. The first-order valence-electron chi connectivity index (χ1n) is 5.07. The van der Waals surface area contributed by atoms with Gasteiger partial charge in [0.2, 0.25) is 5.91 Å². The summed E-state index contributed by atoms with van der Waals surface area (Å²) < 4.78 is 0. The van der Waals surface area contributed by atoms with Crippen molar-refractivity contribution in [3.8, 4) is 0 Å². The van der Waals surface area contributed by atoms with Crippen molar-refractivity contribution in [2.24, 2.45) is 5.73 Å². The molecule has 0 aromatic heterocycles. The molecule has 0 radical (unpaired) electrons. The SMILES string of the molecule is CCC(C)(C)N[C@@H](CCC(=O)O)C(N)=O. The zero-order valence-electron chi connectivity index (χ0n) is 9.54. The first-order chi connectivity index (χ1) is 6.78. The number of nitrogens with one attached hydrogen (secondary N) is 1. The van der Waals surface area contributed by atoms with Gasteiger partial charge in [-0.05, 0) is 26.7 Å². The number of hydrogen-bond acceptors (Lipinski definition) is 3. The van der Waals surface area contributed by atoms with E-state index < -0.39 is 17.9 Å². The summed E-state index contributed by atoms with van der Waals surface area (Å²) in [5.41, 5.74) is 4.98. The highest BCUT2D eigenvalue weighted by Gasteiger charge is 2.24. The quantitative estimate of drug-likeness (QED) is 0.577. The molecular weight excluding hydrogens is 196 g/mol. The van der Waals surface area contributed by atoms with Crippen molar-refractivity contribution >= 4 is 11.9 Å². The van der Waals surface area contributed by atoms with Crippen LogP contribution in [-0.4, -0.2) is 28.6 Å². The highest BCUT2D eigenvalue weighted by molar-refractivity contribution is 5.80. The summed E-state index contributed by atoms with van der Waals surface area (Å²) in [5, 5.41) is 11.6. The molecule has 15 heavy (non-hydrogen) atoms. The average Bonchev–Trinajstić information content (AvgIpc) is 2.11. The second kappa shape index (κ2) is 5.70. The zero-order chi connectivity index (χ0) is 12.1. The predicted molar refractivity (Wildman–Crippen MR) is 57.4 cm³/mol. The second-order valence-electron chi connectivity index (χ2n) is 4.27. The van der Waals surface area contributed by atoms with Crippen LogP contribution in [0.15, 0.2) is 0 Å². The fourth-order valence-electron chi connectivity index (χ4n) is 1.13. The average molecular weight is 216 g/mol. The minimum Gasteiger partial charge on any atom is -0.481 e. The largest absolute Gasteiger partial charge is 0.481 e. The number of nitrogens with two attached hydrogens (primary N) is 1. The number of carbonyl (C=O) groups is 2. The molecule has 0 aliphatic heterocycles. The van der Waals surface area contributed by atoms with Gasteiger partial charge in [0.05, 0.1) is 6.04 Å². The van der Waals surface area contributed by atoms with Gasteiger partial charge < -0.3 is 16.2 Å². The van der Waals surface area contributed by atoms with E-state index in [0.717, 1.165) is 6.42 Å². The van der Waals surface area contributed by atoms with E-state index in [4.69, 9.17) is 10.8 Å². The molecule has 0 aliphatic rings. The lowest BCUT2D eigenvalue weighted by molar-refractivity contribution is -0.137. The molecule has 0 saturated carbocycles. The third-order valence-electron chi connectivity index (χ3n) is 2.44. The van der Waals surface area contributed by atoms with Crippen molar-refractivity contribution in [1.82, 2.24) is 5.32 Å². The van der Waals surface area contributed by atoms with Crippen molar-refractivity contribution in [2.75, 3.05) is 0 Å². The minimum absolute atomic E-state index is 0.0552. The molecule has 0 aliphatic carbocycles. The summed E-state index contributed by atoms with van der Waals surface area (Å²) in [4.78, 5) is 21.5. The van der Waals surface area contributed by atoms with Crippen LogP contribution in [-0.2, 0) is 9.59 Å². The standard InChI is InChI=1S/C10H20N2O3/c1-4-10(2,3)12-7(9(11)15)5-6-8(13)14/h7,12H,4-6H2,1-3H3,(H2,11,15)(H,13,14)/t7-/m0/s1. The van der Waals surface area contributed by atoms with E-state index in [1.807, 2.05) is 20.8 Å². The van der Waals surface area contributed by atoms with E-state index >= 15 is 0 Å². The molecular formula is C10H20N2O3. The number of carboxylic acids is 1. The summed E-state index contributed by atoms with van der Waals surface area (Å²) in [6.07, 6.45) is 1.01. The lowest BCUT2D eigenvalue weighted by Gasteiger charge is -2.29. The molecule has 0 aromatic carbocycles. The van der Waals surface area contributed by atoms with E-state index in [9.17, 15) is 9.59 Å². The van der Waals surface area contributed by atoms with E-state index in [1.54, 1.807) is 0 Å². The number of amides is 1. The smallest absolute Gasteiger partial charge is 0.303 e. The van der Waals surface area contributed by atoms with Crippen LogP contribution in [0.2, 0.25) is 0 Å². The van der Waals surface area contributed by atoms with Crippen LogP contribution in [0.5, 0.6) is 0 Å². The number of aliphatic carboxylic acids is 1. The van der Waals surface area contributed by atoms with Gasteiger partial charge in [-0.25, -0.2) is 0 Å². The maximum Gasteiger partial charge on any atom is 0.303 e. The van der Waals surface area contributed by atoms with Crippen molar-refractivity contribution < 1.29 is 14.7 Å². The van der Waals surface area contributed by atoms with Crippen LogP contribution in [0.4, 0.5) is 0 Å². The molecule has 0 saturated heterocycles. The van der Waals surface area contributed by atoms with Gasteiger partial charge in [0.15, 0.2) is 0 Å². The van der Waals surface area contributed by atoms with Crippen molar-refractivity contribution in [3.63, 3.8) is 0 Å². The molecule has 1 atom stereocenters. The molecule has 0 heterocycles. The van der Waals surface area contributed by atoms with Crippen LogP contribution in [0.3, 0.4) is 0 Å². The van der Waals surface area contributed by atoms with Crippen LogP contribution in [0.1, 0.15) is 40.0 Å². The van der Waals surface area contributed by atoms with Gasteiger partial charge >= 0.3 is 5.97 Å². The number of primary amides is 1. The molecule has 0 spiro atoms. The summed E-state index contributed by atoms with van der Waals surface area (Å²) in [6.45, 7) is 5.88. The third kappa shape index (κ3) is 6.06. The van der Waals surface area contributed by atoms with Gasteiger partial charge in [0.25, 0.3) is 0 Å². The van der Waals surface area contributed by atoms with Crippen molar-refractivity contribution in [3.05, 3.63) is 0 Å². The van der Waals surface area contributed by atoms with Crippen LogP contribution in [0, 0.1) is 0 Å². The Balaban J connectivity index is 4.28.